The van der Waals surface area contributed by atoms with E-state index in [0.29, 0.717) is 23.2 Å². The van der Waals surface area contributed by atoms with E-state index in [-0.39, 0.29) is 6.10 Å². The number of allylic oxidation sites excluding steroid dienone is 1. The summed E-state index contributed by atoms with van der Waals surface area (Å²) >= 11 is 0. The molecular weight excluding hydrogens is 272 g/mol. The second kappa shape index (κ2) is 7.05. The maximum Gasteiger partial charge on any atom is 0.0822 e. The first-order valence-corrected chi connectivity index (χ1v) is 9.44. The second-order valence-electron chi connectivity index (χ2n) is 8.18. The molecule has 2 rings (SSSR count). The predicted octanol–water partition coefficient (Wildman–Crippen LogP) is 4.70. The van der Waals surface area contributed by atoms with Crippen LogP contribution < -0.4 is 0 Å². The first kappa shape index (κ1) is 18.0. The van der Waals surface area contributed by atoms with Gasteiger partial charge in [0.2, 0.25) is 0 Å². The van der Waals surface area contributed by atoms with Crippen molar-refractivity contribution in [2.45, 2.75) is 90.8 Å². The van der Waals surface area contributed by atoms with Crippen LogP contribution in [0, 0.1) is 23.2 Å². The molecule has 0 aromatic rings. The molecule has 0 aromatic heterocycles. The zero-order valence-corrected chi connectivity index (χ0v) is 15.0. The van der Waals surface area contributed by atoms with Gasteiger partial charge in [0.15, 0.2) is 0 Å². The minimum atomic E-state index is -0.622. The van der Waals surface area contributed by atoms with E-state index in [1.165, 1.54) is 25.7 Å². The molecular formula is C20H36O2. The monoisotopic (exact) mass is 308 g/mol. The van der Waals surface area contributed by atoms with Crippen LogP contribution in [0.4, 0.5) is 0 Å². The lowest BCUT2D eigenvalue weighted by atomic mass is 9.61. The summed E-state index contributed by atoms with van der Waals surface area (Å²) in [6, 6.07) is 0. The minimum absolute atomic E-state index is 0.0724. The Labute approximate surface area is 137 Å². The highest BCUT2D eigenvalue weighted by Crippen LogP contribution is 2.58. The summed E-state index contributed by atoms with van der Waals surface area (Å²) in [5.74, 6) is 1.86. The fourth-order valence-corrected chi connectivity index (χ4v) is 5.28. The zero-order chi connectivity index (χ0) is 16.4. The van der Waals surface area contributed by atoms with Crippen molar-refractivity contribution in [1.29, 1.82) is 0 Å². The Morgan fingerprint density at radius 3 is 2.55 bits per heavy atom. The van der Waals surface area contributed by atoms with E-state index in [0.717, 1.165) is 25.7 Å². The summed E-state index contributed by atoms with van der Waals surface area (Å²) in [5, 5.41) is 20.7. The van der Waals surface area contributed by atoms with Crippen LogP contribution in [-0.4, -0.2) is 21.9 Å². The largest absolute Gasteiger partial charge is 0.393 e. The van der Waals surface area contributed by atoms with Crippen molar-refractivity contribution in [2.24, 2.45) is 23.2 Å². The summed E-state index contributed by atoms with van der Waals surface area (Å²) in [5.41, 5.74) is -0.292. The lowest BCUT2D eigenvalue weighted by Crippen LogP contribution is -2.41. The molecule has 5 atom stereocenters. The molecule has 2 aliphatic carbocycles. The van der Waals surface area contributed by atoms with Gasteiger partial charge < -0.3 is 10.2 Å². The Morgan fingerprint density at radius 2 is 1.91 bits per heavy atom. The predicted molar refractivity (Wildman–Crippen MR) is 92.6 cm³/mol. The lowest BCUT2D eigenvalue weighted by molar-refractivity contribution is -0.0266. The molecule has 0 bridgehead atoms. The number of rotatable bonds is 6. The molecule has 2 saturated carbocycles. The molecule has 2 N–H and O–H groups in total. The highest BCUT2D eigenvalue weighted by molar-refractivity contribution is 5.04. The summed E-state index contributed by atoms with van der Waals surface area (Å²) in [4.78, 5) is 0. The molecule has 0 spiro atoms. The molecule has 1 unspecified atom stereocenters. The molecule has 2 nitrogen and oxygen atoms in total. The molecule has 0 heterocycles. The van der Waals surface area contributed by atoms with Crippen LogP contribution >= 0.6 is 0 Å². The van der Waals surface area contributed by atoms with E-state index in [1.54, 1.807) is 0 Å². The molecule has 2 aliphatic rings. The van der Waals surface area contributed by atoms with Crippen LogP contribution in [0.25, 0.3) is 0 Å². The van der Waals surface area contributed by atoms with Crippen LogP contribution in [0.5, 0.6) is 0 Å². The number of hydrogen-bond donors (Lipinski definition) is 2. The fraction of sp³-hybridized carbons (Fsp3) is 0.900. The maximum absolute atomic E-state index is 10.4. The van der Waals surface area contributed by atoms with Crippen LogP contribution in [0.1, 0.15) is 79.1 Å². The van der Waals surface area contributed by atoms with Gasteiger partial charge in [-0.1, -0.05) is 46.3 Å². The average molecular weight is 309 g/mol. The Balaban J connectivity index is 1.98. The van der Waals surface area contributed by atoms with Gasteiger partial charge in [0, 0.05) is 0 Å². The maximum atomic E-state index is 10.4. The summed E-state index contributed by atoms with van der Waals surface area (Å²) in [6.45, 7) is 8.87. The Morgan fingerprint density at radius 1 is 1.23 bits per heavy atom. The van der Waals surface area contributed by atoms with Gasteiger partial charge >= 0.3 is 0 Å². The smallest absolute Gasteiger partial charge is 0.0822 e. The highest BCUT2D eigenvalue weighted by atomic mass is 16.3. The number of hydrogen-bond acceptors (Lipinski definition) is 2. The first-order valence-electron chi connectivity index (χ1n) is 9.44. The Kier molecular flexibility index (Phi) is 5.77. The highest BCUT2D eigenvalue weighted by Gasteiger charge is 2.51. The quantitative estimate of drug-likeness (QED) is 0.698. The van der Waals surface area contributed by atoms with Gasteiger partial charge in [0.05, 0.1) is 11.7 Å². The van der Waals surface area contributed by atoms with E-state index >= 15 is 0 Å². The van der Waals surface area contributed by atoms with Crippen LogP contribution in [0.3, 0.4) is 0 Å². The third-order valence-electron chi connectivity index (χ3n) is 7.01. The number of aliphatic hydroxyl groups excluding tert-OH is 1. The van der Waals surface area contributed by atoms with Gasteiger partial charge in [0.1, 0.15) is 0 Å². The lowest BCUT2D eigenvalue weighted by Gasteiger charge is -2.45. The normalized spacial score (nSPS) is 37.5. The van der Waals surface area contributed by atoms with E-state index < -0.39 is 5.60 Å². The third-order valence-corrected chi connectivity index (χ3v) is 7.01. The van der Waals surface area contributed by atoms with Crippen molar-refractivity contribution in [1.82, 2.24) is 0 Å². The van der Waals surface area contributed by atoms with Crippen molar-refractivity contribution in [3.63, 3.8) is 0 Å². The van der Waals surface area contributed by atoms with Gasteiger partial charge in [-0.15, -0.1) is 0 Å². The van der Waals surface area contributed by atoms with Crippen molar-refractivity contribution in [3.8, 4) is 0 Å². The fourth-order valence-electron chi connectivity index (χ4n) is 5.28. The number of fused-ring (bicyclic) bond motifs is 1. The van der Waals surface area contributed by atoms with Crippen molar-refractivity contribution < 1.29 is 10.2 Å². The zero-order valence-electron chi connectivity index (χ0n) is 15.0. The van der Waals surface area contributed by atoms with Crippen molar-refractivity contribution in [3.05, 3.63) is 12.2 Å². The topological polar surface area (TPSA) is 40.5 Å². The summed E-state index contributed by atoms with van der Waals surface area (Å²) < 4.78 is 0. The van der Waals surface area contributed by atoms with E-state index in [9.17, 15) is 10.2 Å². The van der Waals surface area contributed by atoms with Crippen molar-refractivity contribution in [2.75, 3.05) is 0 Å². The number of aliphatic hydroxyl groups is 2. The van der Waals surface area contributed by atoms with E-state index in [1.807, 2.05) is 19.9 Å². The second-order valence-corrected chi connectivity index (χ2v) is 8.18. The Hall–Kier alpha value is -0.340. The average Bonchev–Trinajstić information content (AvgIpc) is 2.85. The molecule has 0 aliphatic heterocycles. The molecule has 0 saturated heterocycles. The molecule has 22 heavy (non-hydrogen) atoms. The first-order chi connectivity index (χ1) is 10.4. The summed E-state index contributed by atoms with van der Waals surface area (Å²) in [6.07, 6.45) is 12.7. The van der Waals surface area contributed by atoms with Crippen molar-refractivity contribution >= 4 is 0 Å². The molecule has 2 fully saturated rings. The molecule has 128 valence electrons. The van der Waals surface area contributed by atoms with Crippen LogP contribution in [0.15, 0.2) is 12.2 Å². The molecule has 0 amide bonds. The molecule has 0 radical (unpaired) electrons. The minimum Gasteiger partial charge on any atom is -0.393 e. The van der Waals surface area contributed by atoms with Gasteiger partial charge in [-0.2, -0.15) is 0 Å². The van der Waals surface area contributed by atoms with Gasteiger partial charge in [0.25, 0.3) is 0 Å². The van der Waals surface area contributed by atoms with Crippen LogP contribution in [0.2, 0.25) is 0 Å². The third kappa shape index (κ3) is 3.43. The summed E-state index contributed by atoms with van der Waals surface area (Å²) in [7, 11) is 0. The Bertz CT molecular complexity index is 385. The van der Waals surface area contributed by atoms with Gasteiger partial charge in [-0.25, -0.2) is 0 Å². The molecule has 0 aromatic carbocycles. The van der Waals surface area contributed by atoms with E-state index in [4.69, 9.17) is 0 Å². The van der Waals surface area contributed by atoms with Gasteiger partial charge in [-0.3, -0.25) is 0 Å². The molecule has 2 heteroatoms. The van der Waals surface area contributed by atoms with Gasteiger partial charge in [-0.05, 0) is 68.1 Å². The SMILES string of the molecule is CCC(O)(C=CCC(C)[C@H]1CC[C@H]2[C@@H](O)CCC[C@]12C)CC. The van der Waals surface area contributed by atoms with E-state index in [2.05, 4.69) is 19.9 Å². The standard InChI is InChI=1S/C20H36O2/c1-5-20(22,6-2)14-7-9-15(3)16-11-12-17-18(21)10-8-13-19(16,17)4/h7,14-18,21-22H,5-6,8-13H2,1-4H3/t15?,16-,17+,18+,19-/m1/s1. The van der Waals surface area contributed by atoms with Crippen LogP contribution in [-0.2, 0) is 0 Å².